The summed E-state index contributed by atoms with van der Waals surface area (Å²) in [6.07, 6.45) is 2.76. The number of carbonyl (C=O) groups excluding carboxylic acids is 1. The molecule has 0 aromatic carbocycles. The zero-order valence-electron chi connectivity index (χ0n) is 9.62. The van der Waals surface area contributed by atoms with Gasteiger partial charge >= 0.3 is 0 Å². The lowest BCUT2D eigenvalue weighted by atomic mass is 10.1. The second kappa shape index (κ2) is 6.08. The fraction of sp³-hybridized carbons (Fsp3) is 0.909. The van der Waals surface area contributed by atoms with E-state index < -0.39 is 0 Å². The Morgan fingerprint density at radius 2 is 2.13 bits per heavy atom. The van der Waals surface area contributed by atoms with E-state index in [-0.39, 0.29) is 18.6 Å². The SMILES string of the molecule is CC(C)[C@@H](CO)NCCC(=O)NC1CC1. The fourth-order valence-corrected chi connectivity index (χ4v) is 1.41. The van der Waals surface area contributed by atoms with Gasteiger partial charge in [0.05, 0.1) is 6.61 Å². The third-order valence-corrected chi connectivity index (χ3v) is 2.70. The fourth-order valence-electron chi connectivity index (χ4n) is 1.41. The van der Waals surface area contributed by atoms with Crippen molar-refractivity contribution >= 4 is 5.91 Å². The molecule has 1 aliphatic carbocycles. The summed E-state index contributed by atoms with van der Waals surface area (Å²) in [6, 6.07) is 0.537. The van der Waals surface area contributed by atoms with Crippen LogP contribution in [0.15, 0.2) is 0 Å². The highest BCUT2D eigenvalue weighted by Crippen LogP contribution is 2.18. The monoisotopic (exact) mass is 214 g/mol. The Hall–Kier alpha value is -0.610. The molecule has 1 amide bonds. The van der Waals surface area contributed by atoms with E-state index in [1.54, 1.807) is 0 Å². The molecule has 0 aromatic heterocycles. The van der Waals surface area contributed by atoms with Gasteiger partial charge in [-0.3, -0.25) is 4.79 Å². The van der Waals surface area contributed by atoms with Crippen molar-refractivity contribution in [3.8, 4) is 0 Å². The van der Waals surface area contributed by atoms with Crippen LogP contribution in [-0.2, 0) is 4.79 Å². The number of carbonyl (C=O) groups is 1. The zero-order valence-corrected chi connectivity index (χ0v) is 9.62. The highest BCUT2D eigenvalue weighted by molar-refractivity contribution is 5.76. The summed E-state index contributed by atoms with van der Waals surface area (Å²) in [7, 11) is 0. The van der Waals surface area contributed by atoms with Gasteiger partial charge in [-0.05, 0) is 18.8 Å². The van der Waals surface area contributed by atoms with Gasteiger partial charge in [0, 0.05) is 25.0 Å². The molecule has 0 aliphatic heterocycles. The maximum atomic E-state index is 11.3. The number of rotatable bonds is 7. The molecule has 1 aliphatic rings. The van der Waals surface area contributed by atoms with Crippen molar-refractivity contribution in [1.82, 2.24) is 10.6 Å². The van der Waals surface area contributed by atoms with Crippen molar-refractivity contribution in [2.45, 2.75) is 45.2 Å². The van der Waals surface area contributed by atoms with Crippen LogP contribution in [0.3, 0.4) is 0 Å². The minimum atomic E-state index is 0.0960. The summed E-state index contributed by atoms with van der Waals surface area (Å²) < 4.78 is 0. The summed E-state index contributed by atoms with van der Waals surface area (Å²) in [6.45, 7) is 4.88. The molecule has 0 radical (unpaired) electrons. The van der Waals surface area contributed by atoms with Crippen molar-refractivity contribution in [3.63, 3.8) is 0 Å². The van der Waals surface area contributed by atoms with E-state index in [0.717, 1.165) is 12.8 Å². The Labute approximate surface area is 91.4 Å². The topological polar surface area (TPSA) is 61.4 Å². The van der Waals surface area contributed by atoms with Crippen LogP contribution in [-0.4, -0.2) is 36.2 Å². The summed E-state index contributed by atoms with van der Waals surface area (Å²) >= 11 is 0. The highest BCUT2D eigenvalue weighted by Gasteiger charge is 2.22. The van der Waals surface area contributed by atoms with Crippen LogP contribution in [0.25, 0.3) is 0 Å². The first kappa shape index (κ1) is 12.5. The molecular weight excluding hydrogens is 192 g/mol. The molecule has 0 bridgehead atoms. The third kappa shape index (κ3) is 5.14. The third-order valence-electron chi connectivity index (χ3n) is 2.70. The van der Waals surface area contributed by atoms with Crippen LogP contribution in [0.5, 0.6) is 0 Å². The van der Waals surface area contributed by atoms with E-state index >= 15 is 0 Å². The van der Waals surface area contributed by atoms with Gasteiger partial charge < -0.3 is 15.7 Å². The minimum absolute atomic E-state index is 0.0960. The van der Waals surface area contributed by atoms with Gasteiger partial charge in [0.2, 0.25) is 5.91 Å². The second-order valence-corrected chi connectivity index (χ2v) is 4.58. The molecular formula is C11H22N2O2. The molecule has 0 saturated heterocycles. The molecule has 0 spiro atoms. The van der Waals surface area contributed by atoms with Crippen LogP contribution < -0.4 is 10.6 Å². The quantitative estimate of drug-likeness (QED) is 0.570. The molecule has 3 N–H and O–H groups in total. The van der Waals surface area contributed by atoms with Crippen LogP contribution in [0.1, 0.15) is 33.1 Å². The van der Waals surface area contributed by atoms with Gasteiger partial charge in [-0.2, -0.15) is 0 Å². The first-order valence-corrected chi connectivity index (χ1v) is 5.77. The largest absolute Gasteiger partial charge is 0.395 e. The Morgan fingerprint density at radius 3 is 2.60 bits per heavy atom. The maximum absolute atomic E-state index is 11.3. The first-order valence-electron chi connectivity index (χ1n) is 5.77. The number of aliphatic hydroxyl groups is 1. The predicted molar refractivity (Wildman–Crippen MR) is 59.5 cm³/mol. The molecule has 15 heavy (non-hydrogen) atoms. The molecule has 0 unspecified atom stereocenters. The molecule has 88 valence electrons. The van der Waals surface area contributed by atoms with Gasteiger partial charge in [0.15, 0.2) is 0 Å². The second-order valence-electron chi connectivity index (χ2n) is 4.58. The van der Waals surface area contributed by atoms with Crippen molar-refractivity contribution in [1.29, 1.82) is 0 Å². The number of hydrogen-bond donors (Lipinski definition) is 3. The van der Waals surface area contributed by atoms with Gasteiger partial charge in [0.25, 0.3) is 0 Å². The smallest absolute Gasteiger partial charge is 0.221 e. The Bertz CT molecular complexity index is 203. The first-order chi connectivity index (χ1) is 7.13. The number of hydrogen-bond acceptors (Lipinski definition) is 3. The van der Waals surface area contributed by atoms with Crippen molar-refractivity contribution in [2.75, 3.05) is 13.2 Å². The van der Waals surface area contributed by atoms with Gasteiger partial charge in [-0.1, -0.05) is 13.8 Å². The van der Waals surface area contributed by atoms with Crippen LogP contribution in [0, 0.1) is 5.92 Å². The normalized spacial score (nSPS) is 17.9. The lowest BCUT2D eigenvalue weighted by Gasteiger charge is -2.19. The average Bonchev–Trinajstić information content (AvgIpc) is 2.95. The molecule has 4 heteroatoms. The number of amides is 1. The van der Waals surface area contributed by atoms with Crippen molar-refractivity contribution in [3.05, 3.63) is 0 Å². The zero-order chi connectivity index (χ0) is 11.3. The molecule has 1 atom stereocenters. The summed E-state index contributed by atoms with van der Waals surface area (Å²) in [5, 5.41) is 15.2. The van der Waals surface area contributed by atoms with E-state index in [9.17, 15) is 4.79 Å². The minimum Gasteiger partial charge on any atom is -0.395 e. The van der Waals surface area contributed by atoms with Gasteiger partial charge in [0.1, 0.15) is 0 Å². The van der Waals surface area contributed by atoms with Gasteiger partial charge in [-0.25, -0.2) is 0 Å². The maximum Gasteiger partial charge on any atom is 0.221 e. The molecule has 4 nitrogen and oxygen atoms in total. The highest BCUT2D eigenvalue weighted by atomic mass is 16.3. The summed E-state index contributed by atoms with van der Waals surface area (Å²) in [4.78, 5) is 11.3. The number of nitrogens with one attached hydrogen (secondary N) is 2. The Morgan fingerprint density at radius 1 is 1.47 bits per heavy atom. The molecule has 0 aromatic rings. The standard InChI is InChI=1S/C11H22N2O2/c1-8(2)10(7-14)12-6-5-11(15)13-9-3-4-9/h8-10,12,14H,3-7H2,1-2H3,(H,13,15)/t10-/m1/s1. The molecule has 1 rings (SSSR count). The Kier molecular flexibility index (Phi) is 5.05. The van der Waals surface area contributed by atoms with Crippen molar-refractivity contribution in [2.24, 2.45) is 5.92 Å². The van der Waals surface area contributed by atoms with E-state index in [1.165, 1.54) is 0 Å². The van der Waals surface area contributed by atoms with Crippen molar-refractivity contribution < 1.29 is 9.90 Å². The summed E-state index contributed by atoms with van der Waals surface area (Å²) in [5.41, 5.74) is 0. The molecule has 1 saturated carbocycles. The van der Waals surface area contributed by atoms with E-state index in [2.05, 4.69) is 24.5 Å². The van der Waals surface area contributed by atoms with E-state index in [0.29, 0.717) is 24.9 Å². The lowest BCUT2D eigenvalue weighted by molar-refractivity contribution is -0.121. The average molecular weight is 214 g/mol. The van der Waals surface area contributed by atoms with E-state index in [4.69, 9.17) is 5.11 Å². The molecule has 1 fully saturated rings. The Balaban J connectivity index is 2.05. The van der Waals surface area contributed by atoms with Crippen LogP contribution >= 0.6 is 0 Å². The lowest BCUT2D eigenvalue weighted by Crippen LogP contribution is -2.39. The number of aliphatic hydroxyl groups excluding tert-OH is 1. The van der Waals surface area contributed by atoms with E-state index in [1.807, 2.05) is 0 Å². The van der Waals surface area contributed by atoms with Gasteiger partial charge in [-0.15, -0.1) is 0 Å². The molecule has 0 heterocycles. The predicted octanol–water partition coefficient (Wildman–Crippen LogP) is 0.262. The van der Waals surface area contributed by atoms with Crippen LogP contribution in [0.4, 0.5) is 0 Å². The van der Waals surface area contributed by atoms with Crippen LogP contribution in [0.2, 0.25) is 0 Å². The summed E-state index contributed by atoms with van der Waals surface area (Å²) in [5.74, 6) is 0.506.